The molecule has 0 bridgehead atoms. The van der Waals surface area contributed by atoms with Crippen LogP contribution in [0.3, 0.4) is 0 Å². The minimum Gasteiger partial charge on any atom is -0.373 e. The van der Waals surface area contributed by atoms with E-state index >= 15 is 0 Å². The minimum absolute atomic E-state index is 0.300. The van der Waals surface area contributed by atoms with E-state index in [0.29, 0.717) is 12.2 Å². The van der Waals surface area contributed by atoms with Crippen molar-refractivity contribution in [2.24, 2.45) is 5.92 Å². The molecule has 2 unspecified atom stereocenters. The molecule has 1 saturated carbocycles. The second kappa shape index (κ2) is 6.24. The lowest BCUT2D eigenvalue weighted by molar-refractivity contribution is 0.0398. The molecular formula is C18H22N4O. The van der Waals surface area contributed by atoms with Crippen LogP contribution in [-0.4, -0.2) is 33.7 Å². The third-order valence-electron chi connectivity index (χ3n) is 4.56. The largest absolute Gasteiger partial charge is 0.373 e. The number of aromatic nitrogens is 3. The summed E-state index contributed by atoms with van der Waals surface area (Å²) >= 11 is 0. The number of rotatable bonds is 5. The van der Waals surface area contributed by atoms with Crippen LogP contribution in [0.15, 0.2) is 30.5 Å². The molecular weight excluding hydrogens is 288 g/mol. The monoisotopic (exact) mass is 310 g/mol. The Kier molecular flexibility index (Phi) is 3.95. The molecule has 2 fully saturated rings. The lowest BCUT2D eigenvalue weighted by Gasteiger charge is -2.15. The van der Waals surface area contributed by atoms with Crippen molar-refractivity contribution in [1.82, 2.24) is 15.0 Å². The number of hydrogen-bond donors (Lipinski definition) is 1. The number of nitrogens with one attached hydrogen (secondary N) is 1. The molecule has 0 amide bonds. The van der Waals surface area contributed by atoms with E-state index in [-0.39, 0.29) is 0 Å². The van der Waals surface area contributed by atoms with E-state index in [4.69, 9.17) is 4.74 Å². The third kappa shape index (κ3) is 3.50. The van der Waals surface area contributed by atoms with Crippen molar-refractivity contribution >= 4 is 5.82 Å². The molecule has 23 heavy (non-hydrogen) atoms. The van der Waals surface area contributed by atoms with E-state index in [0.717, 1.165) is 41.9 Å². The molecule has 0 aromatic carbocycles. The Labute approximate surface area is 136 Å². The van der Waals surface area contributed by atoms with Crippen LogP contribution >= 0.6 is 0 Å². The average Bonchev–Trinajstić information content (AvgIpc) is 3.32. The molecule has 2 aromatic heterocycles. The number of hydrogen-bond acceptors (Lipinski definition) is 5. The van der Waals surface area contributed by atoms with E-state index in [9.17, 15) is 0 Å². The fraction of sp³-hybridized carbons (Fsp3) is 0.500. The molecule has 5 nitrogen and oxygen atoms in total. The Hall–Kier alpha value is -2.01. The lowest BCUT2D eigenvalue weighted by atomic mass is 10.1. The summed E-state index contributed by atoms with van der Waals surface area (Å²) in [5, 5.41) is 3.41. The van der Waals surface area contributed by atoms with Crippen molar-refractivity contribution in [1.29, 1.82) is 0 Å². The van der Waals surface area contributed by atoms with Gasteiger partial charge in [0.15, 0.2) is 0 Å². The first-order chi connectivity index (χ1) is 11.3. The van der Waals surface area contributed by atoms with Crippen LogP contribution in [0.4, 0.5) is 5.82 Å². The molecule has 2 aliphatic rings. The van der Waals surface area contributed by atoms with Gasteiger partial charge in [0.1, 0.15) is 11.6 Å². The normalized spacial score (nSPS) is 23.9. The Morgan fingerprint density at radius 2 is 2.04 bits per heavy atom. The Morgan fingerprint density at radius 1 is 1.13 bits per heavy atom. The van der Waals surface area contributed by atoms with E-state index in [1.165, 1.54) is 19.3 Å². The maximum atomic E-state index is 6.13. The molecule has 1 aliphatic heterocycles. The van der Waals surface area contributed by atoms with Gasteiger partial charge in [-0.25, -0.2) is 9.97 Å². The molecule has 4 rings (SSSR count). The topological polar surface area (TPSA) is 59.9 Å². The molecule has 1 saturated heterocycles. The van der Waals surface area contributed by atoms with Gasteiger partial charge < -0.3 is 10.1 Å². The fourth-order valence-electron chi connectivity index (χ4n) is 3.22. The zero-order chi connectivity index (χ0) is 15.6. The second-order valence-electron chi connectivity index (χ2n) is 6.49. The lowest BCUT2D eigenvalue weighted by Crippen LogP contribution is -2.21. The number of aryl methyl sites for hydroxylation is 1. The Balaban J connectivity index is 1.41. The highest BCUT2D eigenvalue weighted by atomic mass is 16.5. The second-order valence-corrected chi connectivity index (χ2v) is 6.49. The first-order valence-electron chi connectivity index (χ1n) is 8.44. The van der Waals surface area contributed by atoms with Crippen LogP contribution in [0.2, 0.25) is 0 Å². The Morgan fingerprint density at radius 3 is 2.83 bits per heavy atom. The van der Waals surface area contributed by atoms with Gasteiger partial charge in [0, 0.05) is 18.8 Å². The summed E-state index contributed by atoms with van der Waals surface area (Å²) in [6.07, 6.45) is 7.63. The number of pyridine rings is 1. The van der Waals surface area contributed by atoms with Crippen LogP contribution in [-0.2, 0) is 4.74 Å². The van der Waals surface area contributed by atoms with Crippen molar-refractivity contribution in [2.45, 2.75) is 44.8 Å². The molecule has 5 heteroatoms. The number of nitrogens with zero attached hydrogens (tertiary/aromatic N) is 3. The first kappa shape index (κ1) is 14.6. The highest BCUT2D eigenvalue weighted by Crippen LogP contribution is 2.40. The Bertz CT molecular complexity index is 672. The van der Waals surface area contributed by atoms with Crippen LogP contribution in [0, 0.1) is 12.8 Å². The van der Waals surface area contributed by atoms with Gasteiger partial charge in [0.05, 0.1) is 23.6 Å². The van der Waals surface area contributed by atoms with Crippen LogP contribution in [0.5, 0.6) is 0 Å². The minimum atomic E-state index is 0.300. The SMILES string of the molecule is Cc1nc(NCC2CCC(C3CC3)O2)cc(-c2ccccn2)n1. The van der Waals surface area contributed by atoms with Crippen LogP contribution < -0.4 is 5.32 Å². The fourth-order valence-corrected chi connectivity index (χ4v) is 3.22. The summed E-state index contributed by atoms with van der Waals surface area (Å²) in [6.45, 7) is 2.72. The summed E-state index contributed by atoms with van der Waals surface area (Å²) in [5.74, 6) is 2.42. The third-order valence-corrected chi connectivity index (χ3v) is 4.56. The zero-order valence-corrected chi connectivity index (χ0v) is 13.4. The van der Waals surface area contributed by atoms with Gasteiger partial charge in [-0.15, -0.1) is 0 Å². The van der Waals surface area contributed by atoms with Crippen molar-refractivity contribution in [3.8, 4) is 11.4 Å². The summed E-state index contributed by atoms with van der Waals surface area (Å²) in [6, 6.07) is 7.80. The summed E-state index contributed by atoms with van der Waals surface area (Å²) in [5.41, 5.74) is 1.72. The van der Waals surface area contributed by atoms with E-state index < -0.39 is 0 Å². The predicted molar refractivity (Wildman–Crippen MR) is 89.1 cm³/mol. The average molecular weight is 310 g/mol. The van der Waals surface area contributed by atoms with Crippen molar-refractivity contribution in [2.75, 3.05) is 11.9 Å². The maximum Gasteiger partial charge on any atom is 0.130 e. The summed E-state index contributed by atoms with van der Waals surface area (Å²) in [7, 11) is 0. The molecule has 2 atom stereocenters. The van der Waals surface area contributed by atoms with Gasteiger partial charge in [-0.1, -0.05) is 6.07 Å². The standard InChI is InChI=1S/C18H22N4O/c1-12-21-16(15-4-2-3-9-19-15)10-18(22-12)20-11-14-7-8-17(23-14)13-5-6-13/h2-4,9-10,13-14,17H,5-8,11H2,1H3,(H,20,21,22). The highest BCUT2D eigenvalue weighted by molar-refractivity contribution is 5.58. The molecule has 3 heterocycles. The quantitative estimate of drug-likeness (QED) is 0.919. The van der Waals surface area contributed by atoms with Crippen LogP contribution in [0.1, 0.15) is 31.5 Å². The number of ether oxygens (including phenoxy) is 1. The van der Waals surface area contributed by atoms with Gasteiger partial charge >= 0.3 is 0 Å². The van der Waals surface area contributed by atoms with Crippen molar-refractivity contribution in [3.05, 3.63) is 36.3 Å². The van der Waals surface area contributed by atoms with Gasteiger partial charge in [-0.05, 0) is 50.7 Å². The predicted octanol–water partition coefficient (Wildman–Crippen LogP) is 3.22. The van der Waals surface area contributed by atoms with E-state index in [1.807, 2.05) is 31.2 Å². The maximum absolute atomic E-state index is 6.13. The molecule has 2 aromatic rings. The van der Waals surface area contributed by atoms with Gasteiger partial charge in [0.2, 0.25) is 0 Å². The van der Waals surface area contributed by atoms with Crippen LogP contribution in [0.25, 0.3) is 11.4 Å². The molecule has 1 N–H and O–H groups in total. The first-order valence-corrected chi connectivity index (χ1v) is 8.44. The van der Waals surface area contributed by atoms with Gasteiger partial charge in [0.25, 0.3) is 0 Å². The van der Waals surface area contributed by atoms with Crippen molar-refractivity contribution in [3.63, 3.8) is 0 Å². The molecule has 0 spiro atoms. The zero-order valence-electron chi connectivity index (χ0n) is 13.4. The smallest absolute Gasteiger partial charge is 0.130 e. The van der Waals surface area contributed by atoms with Crippen molar-refractivity contribution < 1.29 is 4.74 Å². The molecule has 1 aliphatic carbocycles. The van der Waals surface area contributed by atoms with Gasteiger partial charge in [-0.2, -0.15) is 0 Å². The molecule has 120 valence electrons. The summed E-state index contributed by atoms with van der Waals surface area (Å²) in [4.78, 5) is 13.3. The summed E-state index contributed by atoms with van der Waals surface area (Å²) < 4.78 is 6.13. The number of anilines is 1. The van der Waals surface area contributed by atoms with Gasteiger partial charge in [-0.3, -0.25) is 4.98 Å². The highest BCUT2D eigenvalue weighted by Gasteiger charge is 2.37. The van der Waals surface area contributed by atoms with E-state index in [2.05, 4.69) is 20.3 Å². The molecule has 0 radical (unpaired) electrons. The van der Waals surface area contributed by atoms with E-state index in [1.54, 1.807) is 6.20 Å².